The maximum atomic E-state index is 5.55. The molecule has 114 valence electrons. The van der Waals surface area contributed by atoms with Crippen molar-refractivity contribution in [3.63, 3.8) is 0 Å². The van der Waals surface area contributed by atoms with Gasteiger partial charge in [0.2, 0.25) is 0 Å². The van der Waals surface area contributed by atoms with Crippen molar-refractivity contribution in [2.75, 3.05) is 32.9 Å². The summed E-state index contributed by atoms with van der Waals surface area (Å²) in [4.78, 5) is 0. The van der Waals surface area contributed by atoms with Gasteiger partial charge in [-0.25, -0.2) is 0 Å². The summed E-state index contributed by atoms with van der Waals surface area (Å²) in [6.45, 7) is 11.3. The molecule has 1 aromatic rings. The molecule has 0 saturated heterocycles. The molecule has 0 aliphatic heterocycles. The molecule has 0 heterocycles. The van der Waals surface area contributed by atoms with E-state index in [1.54, 1.807) is 0 Å². The van der Waals surface area contributed by atoms with Crippen LogP contribution < -0.4 is 5.32 Å². The van der Waals surface area contributed by atoms with Gasteiger partial charge >= 0.3 is 0 Å². The molecule has 0 atom stereocenters. The van der Waals surface area contributed by atoms with Gasteiger partial charge in [-0.3, -0.25) is 0 Å². The molecule has 0 aliphatic rings. The molecule has 0 aromatic heterocycles. The van der Waals surface area contributed by atoms with Crippen molar-refractivity contribution in [1.29, 1.82) is 0 Å². The van der Waals surface area contributed by atoms with Gasteiger partial charge < -0.3 is 14.8 Å². The summed E-state index contributed by atoms with van der Waals surface area (Å²) < 4.78 is 10.8. The second-order valence-corrected chi connectivity index (χ2v) is 5.41. The zero-order valence-electron chi connectivity index (χ0n) is 13.2. The molecule has 1 rings (SSSR count). The third-order valence-electron chi connectivity index (χ3n) is 3.01. The monoisotopic (exact) mass is 279 g/mol. The van der Waals surface area contributed by atoms with Crippen LogP contribution in [0.4, 0.5) is 0 Å². The Hall–Kier alpha value is -0.900. The van der Waals surface area contributed by atoms with Gasteiger partial charge in [-0.15, -0.1) is 0 Å². The molecular formula is C17H29NO2. The largest absolute Gasteiger partial charge is 0.379 e. The highest BCUT2D eigenvalue weighted by atomic mass is 16.5. The highest BCUT2D eigenvalue weighted by Gasteiger charge is 1.97. The van der Waals surface area contributed by atoms with Crippen molar-refractivity contribution in [2.24, 2.45) is 5.92 Å². The maximum Gasteiger partial charge on any atom is 0.0718 e. The van der Waals surface area contributed by atoms with Crippen molar-refractivity contribution in [2.45, 2.75) is 33.8 Å². The number of rotatable bonds is 11. The van der Waals surface area contributed by atoms with Crippen LogP contribution >= 0.6 is 0 Å². The molecule has 0 bridgehead atoms. The van der Waals surface area contributed by atoms with E-state index in [4.69, 9.17) is 9.47 Å². The van der Waals surface area contributed by atoms with E-state index in [1.807, 2.05) is 6.92 Å². The summed E-state index contributed by atoms with van der Waals surface area (Å²) in [6, 6.07) is 8.69. The van der Waals surface area contributed by atoms with E-state index in [0.717, 1.165) is 26.1 Å². The Morgan fingerprint density at radius 2 is 1.65 bits per heavy atom. The molecule has 0 saturated carbocycles. The van der Waals surface area contributed by atoms with Crippen molar-refractivity contribution in [3.05, 3.63) is 35.4 Å². The third kappa shape index (κ3) is 8.31. The SMILES string of the molecule is CCOCCOCc1ccc(CCNCC(C)C)cc1. The maximum absolute atomic E-state index is 5.55. The first-order chi connectivity index (χ1) is 9.72. The van der Waals surface area contributed by atoms with Crippen LogP contribution in [0.2, 0.25) is 0 Å². The zero-order valence-corrected chi connectivity index (χ0v) is 13.2. The average molecular weight is 279 g/mol. The van der Waals surface area contributed by atoms with Crippen molar-refractivity contribution in [1.82, 2.24) is 5.32 Å². The number of hydrogen-bond donors (Lipinski definition) is 1. The molecule has 0 fully saturated rings. The molecule has 3 nitrogen and oxygen atoms in total. The van der Waals surface area contributed by atoms with Crippen LogP contribution in [0.5, 0.6) is 0 Å². The Labute approximate surface area is 123 Å². The topological polar surface area (TPSA) is 30.5 Å². The summed E-state index contributed by atoms with van der Waals surface area (Å²) in [5.41, 5.74) is 2.60. The van der Waals surface area contributed by atoms with Gasteiger partial charge in [0, 0.05) is 6.61 Å². The van der Waals surface area contributed by atoms with Gasteiger partial charge in [-0.1, -0.05) is 38.1 Å². The minimum Gasteiger partial charge on any atom is -0.379 e. The Kier molecular flexibility index (Phi) is 9.29. The van der Waals surface area contributed by atoms with Crippen molar-refractivity contribution < 1.29 is 9.47 Å². The van der Waals surface area contributed by atoms with Crippen LogP contribution in [0, 0.1) is 5.92 Å². The molecule has 0 radical (unpaired) electrons. The normalized spacial score (nSPS) is 11.2. The van der Waals surface area contributed by atoms with E-state index in [9.17, 15) is 0 Å². The first-order valence-electron chi connectivity index (χ1n) is 7.66. The van der Waals surface area contributed by atoms with Crippen molar-refractivity contribution >= 4 is 0 Å². The third-order valence-corrected chi connectivity index (χ3v) is 3.01. The molecule has 1 N–H and O–H groups in total. The van der Waals surface area contributed by atoms with Gasteiger partial charge in [0.15, 0.2) is 0 Å². The molecule has 3 heteroatoms. The van der Waals surface area contributed by atoms with Crippen LogP contribution in [0.15, 0.2) is 24.3 Å². The van der Waals surface area contributed by atoms with Gasteiger partial charge in [0.25, 0.3) is 0 Å². The Morgan fingerprint density at radius 1 is 1.00 bits per heavy atom. The quantitative estimate of drug-likeness (QED) is 0.632. The standard InChI is InChI=1S/C17H29NO2/c1-4-19-11-12-20-14-17-7-5-16(6-8-17)9-10-18-13-15(2)3/h5-8,15,18H,4,9-14H2,1-3H3. The summed E-state index contributed by atoms with van der Waals surface area (Å²) in [7, 11) is 0. The molecule has 0 aliphatic carbocycles. The predicted octanol–water partition coefficient (Wildman–Crippen LogP) is 3.03. The minimum absolute atomic E-state index is 0.661. The van der Waals surface area contributed by atoms with E-state index in [1.165, 1.54) is 11.1 Å². The van der Waals surface area contributed by atoms with Crippen LogP contribution in [0.1, 0.15) is 31.9 Å². The van der Waals surface area contributed by atoms with Crippen molar-refractivity contribution in [3.8, 4) is 0 Å². The zero-order chi connectivity index (χ0) is 14.6. The molecule has 0 amide bonds. The number of nitrogens with one attached hydrogen (secondary N) is 1. The summed E-state index contributed by atoms with van der Waals surface area (Å²) >= 11 is 0. The van der Waals surface area contributed by atoms with E-state index < -0.39 is 0 Å². The predicted molar refractivity (Wildman–Crippen MR) is 84.0 cm³/mol. The lowest BCUT2D eigenvalue weighted by Gasteiger charge is -2.08. The van der Waals surface area contributed by atoms with Crippen LogP contribution in [-0.2, 0) is 22.5 Å². The van der Waals surface area contributed by atoms with Gasteiger partial charge in [0.05, 0.1) is 19.8 Å². The van der Waals surface area contributed by atoms with E-state index in [2.05, 4.69) is 43.4 Å². The summed E-state index contributed by atoms with van der Waals surface area (Å²) in [5.74, 6) is 0.714. The van der Waals surface area contributed by atoms with E-state index in [0.29, 0.717) is 25.7 Å². The Morgan fingerprint density at radius 3 is 2.30 bits per heavy atom. The summed E-state index contributed by atoms with van der Waals surface area (Å²) in [6.07, 6.45) is 1.08. The Bertz CT molecular complexity index is 335. The molecular weight excluding hydrogens is 250 g/mol. The minimum atomic E-state index is 0.661. The molecule has 0 unspecified atom stereocenters. The smallest absolute Gasteiger partial charge is 0.0718 e. The lowest BCUT2D eigenvalue weighted by atomic mass is 10.1. The molecule has 1 aromatic carbocycles. The van der Waals surface area contributed by atoms with Crippen LogP contribution in [-0.4, -0.2) is 32.9 Å². The lowest BCUT2D eigenvalue weighted by molar-refractivity contribution is 0.0453. The van der Waals surface area contributed by atoms with Gasteiger partial charge in [-0.05, 0) is 43.5 Å². The van der Waals surface area contributed by atoms with Crippen LogP contribution in [0.25, 0.3) is 0 Å². The molecule has 0 spiro atoms. The number of hydrogen-bond acceptors (Lipinski definition) is 3. The fraction of sp³-hybridized carbons (Fsp3) is 0.647. The fourth-order valence-electron chi connectivity index (χ4n) is 1.88. The van der Waals surface area contributed by atoms with Crippen LogP contribution in [0.3, 0.4) is 0 Å². The highest BCUT2D eigenvalue weighted by Crippen LogP contribution is 2.06. The Balaban J connectivity index is 2.16. The van der Waals surface area contributed by atoms with E-state index >= 15 is 0 Å². The van der Waals surface area contributed by atoms with Gasteiger partial charge in [0.1, 0.15) is 0 Å². The lowest BCUT2D eigenvalue weighted by Crippen LogP contribution is -2.22. The summed E-state index contributed by atoms with van der Waals surface area (Å²) in [5, 5.41) is 3.46. The van der Waals surface area contributed by atoms with E-state index in [-0.39, 0.29) is 0 Å². The molecule has 20 heavy (non-hydrogen) atoms. The van der Waals surface area contributed by atoms with Gasteiger partial charge in [-0.2, -0.15) is 0 Å². The second-order valence-electron chi connectivity index (χ2n) is 5.41. The first kappa shape index (κ1) is 17.2. The highest BCUT2D eigenvalue weighted by molar-refractivity contribution is 5.22. The first-order valence-corrected chi connectivity index (χ1v) is 7.66. The average Bonchev–Trinajstić information content (AvgIpc) is 2.44. The second kappa shape index (κ2) is 10.8. The number of benzene rings is 1. The number of ether oxygens (including phenoxy) is 2. The fourth-order valence-corrected chi connectivity index (χ4v) is 1.88.